The van der Waals surface area contributed by atoms with Crippen LogP contribution in [0.25, 0.3) is 33.2 Å². The minimum atomic E-state index is 0. The van der Waals surface area contributed by atoms with Gasteiger partial charge >= 0.3 is 0 Å². The van der Waals surface area contributed by atoms with Crippen LogP contribution in [0.5, 0.6) is 5.88 Å². The van der Waals surface area contributed by atoms with Crippen molar-refractivity contribution in [3.8, 4) is 28.3 Å². The Morgan fingerprint density at radius 3 is 2.55 bits per heavy atom. The first-order chi connectivity index (χ1) is 14.7. The number of methoxy groups -OCH3 is 1. The molecule has 0 spiro atoms. The maximum atomic E-state index is 6.27. The maximum Gasteiger partial charge on any atom is 0.221 e. The number of ether oxygens (including phenoxy) is 1. The van der Waals surface area contributed by atoms with E-state index in [-0.39, 0.29) is 37.2 Å². The molecule has 1 aliphatic heterocycles. The first-order valence-electron chi connectivity index (χ1n) is 10.2. The highest BCUT2D eigenvalue weighted by molar-refractivity contribution is 5.91. The highest BCUT2D eigenvalue weighted by Crippen LogP contribution is 2.36. The summed E-state index contributed by atoms with van der Waals surface area (Å²) in [5, 5.41) is 13.0. The quantitative estimate of drug-likeness (QED) is 0.357. The van der Waals surface area contributed by atoms with E-state index >= 15 is 0 Å². The summed E-state index contributed by atoms with van der Waals surface area (Å²) in [6, 6.07) is 12.1. The highest BCUT2D eigenvalue weighted by atomic mass is 35.5. The summed E-state index contributed by atoms with van der Waals surface area (Å²) in [4.78, 5) is 9.19. The fourth-order valence-corrected chi connectivity index (χ4v) is 4.23. The van der Waals surface area contributed by atoms with Gasteiger partial charge in [-0.1, -0.05) is 18.2 Å². The van der Waals surface area contributed by atoms with Crippen LogP contribution >= 0.6 is 37.2 Å². The number of nitrogens with one attached hydrogen (secondary N) is 2. The number of aromatic nitrogens is 4. The molecule has 10 heteroatoms. The molecule has 0 aliphatic carbocycles. The van der Waals surface area contributed by atoms with Crippen molar-refractivity contribution in [2.45, 2.75) is 18.8 Å². The Kier molecular flexibility index (Phi) is 9.31. The lowest BCUT2D eigenvalue weighted by Crippen LogP contribution is -2.27. The number of halogens is 3. The molecule has 5 rings (SSSR count). The number of nitrogens with two attached hydrogens (primary N) is 1. The Morgan fingerprint density at radius 1 is 1.03 bits per heavy atom. The zero-order chi connectivity index (χ0) is 20.5. The first kappa shape index (κ1) is 26.7. The van der Waals surface area contributed by atoms with Gasteiger partial charge in [0.05, 0.1) is 18.5 Å². The standard InChI is InChI=1S/C23H24N6O.3ClH/c1-30-23-17-5-3-2-4-15(17)11-20(28-23)18-10-16(12-26-22(18)24)19-13-27-29-21(19)14-6-8-25-9-7-14;;;/h2-5,10-14,25H,6-9H2,1H3,(H2,24,26)(H,27,29);3*1H. The van der Waals surface area contributed by atoms with E-state index in [0.29, 0.717) is 17.6 Å². The molecule has 176 valence electrons. The molecule has 4 N–H and O–H groups in total. The van der Waals surface area contributed by atoms with Crippen LogP contribution in [-0.2, 0) is 0 Å². The second-order valence-electron chi connectivity index (χ2n) is 7.60. The lowest BCUT2D eigenvalue weighted by Gasteiger charge is -2.22. The van der Waals surface area contributed by atoms with Gasteiger partial charge in [-0.05, 0) is 49.5 Å². The van der Waals surface area contributed by atoms with E-state index in [4.69, 9.17) is 15.5 Å². The number of rotatable bonds is 4. The lowest BCUT2D eigenvalue weighted by molar-refractivity contribution is 0.404. The van der Waals surface area contributed by atoms with Crippen LogP contribution < -0.4 is 15.8 Å². The van der Waals surface area contributed by atoms with Crippen molar-refractivity contribution in [3.63, 3.8) is 0 Å². The topological polar surface area (TPSA) is 102 Å². The fourth-order valence-electron chi connectivity index (χ4n) is 4.23. The zero-order valence-electron chi connectivity index (χ0n) is 18.1. The number of piperidine rings is 1. The molecular weight excluding hydrogens is 483 g/mol. The van der Waals surface area contributed by atoms with Gasteiger partial charge in [0.25, 0.3) is 0 Å². The third-order valence-corrected chi connectivity index (χ3v) is 5.80. The number of pyridine rings is 2. The van der Waals surface area contributed by atoms with Crippen molar-refractivity contribution in [2.24, 2.45) is 0 Å². The minimum Gasteiger partial charge on any atom is -0.481 e. The summed E-state index contributed by atoms with van der Waals surface area (Å²) in [5.41, 5.74) is 10.9. The van der Waals surface area contributed by atoms with Gasteiger partial charge in [0.1, 0.15) is 5.82 Å². The number of fused-ring (bicyclic) bond motifs is 1. The van der Waals surface area contributed by atoms with Crippen molar-refractivity contribution >= 4 is 53.8 Å². The van der Waals surface area contributed by atoms with Crippen molar-refractivity contribution in [2.75, 3.05) is 25.9 Å². The van der Waals surface area contributed by atoms with Crippen LogP contribution in [0.4, 0.5) is 5.82 Å². The normalized spacial score (nSPS) is 13.5. The van der Waals surface area contributed by atoms with E-state index in [2.05, 4.69) is 20.5 Å². The van der Waals surface area contributed by atoms with Crippen molar-refractivity contribution < 1.29 is 4.74 Å². The molecule has 1 aliphatic rings. The summed E-state index contributed by atoms with van der Waals surface area (Å²) >= 11 is 0. The van der Waals surface area contributed by atoms with Crippen LogP contribution in [0, 0.1) is 0 Å². The van der Waals surface area contributed by atoms with Gasteiger partial charge in [0.2, 0.25) is 5.88 Å². The summed E-state index contributed by atoms with van der Waals surface area (Å²) in [7, 11) is 1.63. The third-order valence-electron chi connectivity index (χ3n) is 5.80. The van der Waals surface area contributed by atoms with Gasteiger partial charge in [-0.15, -0.1) is 37.2 Å². The van der Waals surface area contributed by atoms with E-state index in [1.165, 1.54) is 0 Å². The number of hydrogen-bond donors (Lipinski definition) is 3. The van der Waals surface area contributed by atoms with Gasteiger partial charge < -0.3 is 15.8 Å². The Labute approximate surface area is 211 Å². The molecule has 0 saturated carbocycles. The number of anilines is 1. The average Bonchev–Trinajstić information content (AvgIpc) is 3.29. The number of aromatic amines is 1. The molecule has 0 radical (unpaired) electrons. The number of nitrogen functional groups attached to an aromatic ring is 1. The van der Waals surface area contributed by atoms with Crippen molar-refractivity contribution in [1.82, 2.24) is 25.5 Å². The molecule has 1 aromatic carbocycles. The summed E-state index contributed by atoms with van der Waals surface area (Å²) < 4.78 is 5.54. The maximum absolute atomic E-state index is 6.27. The molecule has 7 nitrogen and oxygen atoms in total. The smallest absolute Gasteiger partial charge is 0.221 e. The number of H-pyrrole nitrogens is 1. The minimum absolute atomic E-state index is 0. The third kappa shape index (κ3) is 5.17. The molecular formula is C23H27Cl3N6O. The van der Waals surface area contributed by atoms with E-state index < -0.39 is 0 Å². The summed E-state index contributed by atoms with van der Waals surface area (Å²) in [6.45, 7) is 2.03. The van der Waals surface area contributed by atoms with Gasteiger partial charge in [0.15, 0.2) is 0 Å². The molecule has 0 unspecified atom stereocenters. The van der Waals surface area contributed by atoms with E-state index in [9.17, 15) is 0 Å². The molecule has 4 heterocycles. The fraction of sp³-hybridized carbons (Fsp3) is 0.261. The molecule has 0 atom stereocenters. The van der Waals surface area contributed by atoms with E-state index in [0.717, 1.165) is 64.8 Å². The Hall–Kier alpha value is -2.58. The molecule has 4 aromatic rings. The van der Waals surface area contributed by atoms with E-state index in [1.54, 1.807) is 7.11 Å². The Balaban J connectivity index is 0.00000128. The van der Waals surface area contributed by atoms with Gasteiger partial charge in [0, 0.05) is 40.4 Å². The molecule has 33 heavy (non-hydrogen) atoms. The first-order valence-corrected chi connectivity index (χ1v) is 10.2. The summed E-state index contributed by atoms with van der Waals surface area (Å²) in [5.74, 6) is 1.45. The van der Waals surface area contributed by atoms with Crippen molar-refractivity contribution in [1.29, 1.82) is 0 Å². The molecule has 0 amide bonds. The highest BCUT2D eigenvalue weighted by Gasteiger charge is 2.22. The SMILES string of the molecule is COc1nc(-c2cc(-c3c[nH]nc3C3CCNCC3)cnc2N)cc2ccccc12.Cl.Cl.Cl. The summed E-state index contributed by atoms with van der Waals surface area (Å²) in [6.07, 6.45) is 5.92. The van der Waals surface area contributed by atoms with Crippen LogP contribution in [0.1, 0.15) is 24.5 Å². The lowest BCUT2D eigenvalue weighted by atomic mass is 9.90. The predicted octanol–water partition coefficient (Wildman–Crippen LogP) is 5.01. The zero-order valence-corrected chi connectivity index (χ0v) is 20.5. The average molecular weight is 510 g/mol. The van der Waals surface area contributed by atoms with Gasteiger partial charge in [-0.25, -0.2) is 9.97 Å². The predicted molar refractivity (Wildman–Crippen MR) is 140 cm³/mol. The Morgan fingerprint density at radius 2 is 1.79 bits per heavy atom. The van der Waals surface area contributed by atoms with Crippen LogP contribution in [0.2, 0.25) is 0 Å². The van der Waals surface area contributed by atoms with Crippen LogP contribution in [0.15, 0.2) is 48.8 Å². The second kappa shape index (κ2) is 11.5. The van der Waals surface area contributed by atoms with Crippen molar-refractivity contribution in [3.05, 3.63) is 54.5 Å². The molecule has 1 fully saturated rings. The molecule has 0 bridgehead atoms. The van der Waals surface area contributed by atoms with E-state index in [1.807, 2.05) is 48.8 Å². The second-order valence-corrected chi connectivity index (χ2v) is 7.60. The van der Waals surface area contributed by atoms with Gasteiger partial charge in [-0.2, -0.15) is 5.10 Å². The largest absolute Gasteiger partial charge is 0.481 e. The monoisotopic (exact) mass is 508 g/mol. The van der Waals surface area contributed by atoms with Crippen LogP contribution in [-0.4, -0.2) is 40.4 Å². The number of hydrogen-bond acceptors (Lipinski definition) is 6. The molecule has 3 aromatic heterocycles. The number of benzene rings is 1. The van der Waals surface area contributed by atoms with Gasteiger partial charge in [-0.3, -0.25) is 5.10 Å². The number of nitrogens with zero attached hydrogens (tertiary/aromatic N) is 3. The Bertz CT molecular complexity index is 1210. The van der Waals surface area contributed by atoms with Crippen LogP contribution in [0.3, 0.4) is 0 Å². The molecule has 1 saturated heterocycles.